The second-order valence-electron chi connectivity index (χ2n) is 3.61. The quantitative estimate of drug-likeness (QED) is 0.797. The number of alkyl halides is 3. The Kier molecular flexibility index (Phi) is 4.43. The first kappa shape index (κ1) is 14.3. The largest absolute Gasteiger partial charge is 0.390 e. The lowest BCUT2D eigenvalue weighted by atomic mass is 10.1. The van der Waals surface area contributed by atoms with E-state index in [9.17, 15) is 21.6 Å². The van der Waals surface area contributed by atoms with Crippen molar-refractivity contribution in [3.8, 4) is 0 Å². The van der Waals surface area contributed by atoms with Gasteiger partial charge < -0.3 is 0 Å². The second kappa shape index (κ2) is 5.27. The van der Waals surface area contributed by atoms with Crippen LogP contribution < -0.4 is 0 Å². The average molecular weight is 287 g/mol. The van der Waals surface area contributed by atoms with Gasteiger partial charge in [0.2, 0.25) is 9.05 Å². The molecule has 1 aromatic carbocycles. The highest BCUT2D eigenvalue weighted by molar-refractivity contribution is 8.14. The lowest BCUT2D eigenvalue weighted by Gasteiger charge is -2.15. The first-order chi connectivity index (χ1) is 7.68. The molecule has 0 saturated carbocycles. The summed E-state index contributed by atoms with van der Waals surface area (Å²) in [6.07, 6.45) is -6.23. The van der Waals surface area contributed by atoms with E-state index in [0.29, 0.717) is 5.56 Å². The molecular weight excluding hydrogens is 277 g/mol. The van der Waals surface area contributed by atoms with Gasteiger partial charge >= 0.3 is 6.18 Å². The first-order valence-corrected chi connectivity index (χ1v) is 7.10. The van der Waals surface area contributed by atoms with Crippen LogP contribution in [0.15, 0.2) is 30.3 Å². The van der Waals surface area contributed by atoms with Crippen LogP contribution in [0.25, 0.3) is 0 Å². The van der Waals surface area contributed by atoms with Crippen LogP contribution in [0.5, 0.6) is 0 Å². The standard InChI is InChI=1S/C10H10ClF3O2S/c11-17(15,16)9(7-10(12,13)14)6-8-4-2-1-3-5-8/h1-5,9H,6-7H2. The number of halogens is 4. The van der Waals surface area contributed by atoms with E-state index in [2.05, 4.69) is 0 Å². The number of hydrogen-bond donors (Lipinski definition) is 0. The van der Waals surface area contributed by atoms with Gasteiger partial charge in [0, 0.05) is 10.7 Å². The minimum Gasteiger partial charge on any atom is -0.212 e. The molecule has 1 aromatic rings. The number of benzene rings is 1. The van der Waals surface area contributed by atoms with Gasteiger partial charge in [-0.15, -0.1) is 0 Å². The van der Waals surface area contributed by atoms with Crippen molar-refractivity contribution in [3.63, 3.8) is 0 Å². The van der Waals surface area contributed by atoms with Gasteiger partial charge in [0.1, 0.15) is 0 Å². The minimum atomic E-state index is -4.55. The van der Waals surface area contributed by atoms with Crippen molar-refractivity contribution in [2.75, 3.05) is 0 Å². The van der Waals surface area contributed by atoms with Crippen molar-refractivity contribution in [3.05, 3.63) is 35.9 Å². The molecule has 0 aliphatic rings. The van der Waals surface area contributed by atoms with Crippen LogP contribution in [0.4, 0.5) is 13.2 Å². The Morgan fingerprint density at radius 3 is 2.12 bits per heavy atom. The summed E-state index contributed by atoms with van der Waals surface area (Å²) in [6, 6.07) is 8.07. The molecule has 17 heavy (non-hydrogen) atoms. The van der Waals surface area contributed by atoms with Crippen LogP contribution in [-0.4, -0.2) is 19.8 Å². The SMILES string of the molecule is O=S(=O)(Cl)C(Cc1ccccc1)CC(F)(F)F. The van der Waals surface area contributed by atoms with Gasteiger partial charge in [0.25, 0.3) is 0 Å². The normalized spacial score (nSPS) is 14.6. The second-order valence-corrected chi connectivity index (χ2v) is 6.51. The summed E-state index contributed by atoms with van der Waals surface area (Å²) in [5.41, 5.74) is 0.506. The molecule has 0 fully saturated rings. The molecule has 0 amide bonds. The highest BCUT2D eigenvalue weighted by Crippen LogP contribution is 2.28. The molecule has 0 aromatic heterocycles. The van der Waals surface area contributed by atoms with Crippen molar-refractivity contribution in [2.24, 2.45) is 0 Å². The summed E-state index contributed by atoms with van der Waals surface area (Å²) in [6.45, 7) is 0. The topological polar surface area (TPSA) is 34.1 Å². The Labute approximate surface area is 102 Å². The summed E-state index contributed by atoms with van der Waals surface area (Å²) in [5, 5.41) is -1.65. The number of hydrogen-bond acceptors (Lipinski definition) is 2. The molecule has 7 heteroatoms. The Morgan fingerprint density at radius 2 is 1.71 bits per heavy atom. The van der Waals surface area contributed by atoms with Crippen molar-refractivity contribution < 1.29 is 21.6 Å². The van der Waals surface area contributed by atoms with Gasteiger partial charge in [0.15, 0.2) is 0 Å². The average Bonchev–Trinajstić information content (AvgIpc) is 2.15. The van der Waals surface area contributed by atoms with Crippen molar-refractivity contribution in [2.45, 2.75) is 24.3 Å². The van der Waals surface area contributed by atoms with Crippen molar-refractivity contribution in [1.82, 2.24) is 0 Å². The lowest BCUT2D eigenvalue weighted by Crippen LogP contribution is -2.26. The van der Waals surface area contributed by atoms with Gasteiger partial charge in [-0.1, -0.05) is 30.3 Å². The summed E-state index contributed by atoms with van der Waals surface area (Å²) < 4.78 is 58.8. The molecule has 1 unspecified atom stereocenters. The minimum absolute atomic E-state index is 0.244. The number of rotatable bonds is 4. The third kappa shape index (κ3) is 5.41. The van der Waals surface area contributed by atoms with Crippen LogP contribution in [0.2, 0.25) is 0 Å². The van der Waals surface area contributed by atoms with Crippen LogP contribution in [0.3, 0.4) is 0 Å². The Hall–Kier alpha value is -0.750. The van der Waals surface area contributed by atoms with E-state index in [1.807, 2.05) is 0 Å². The molecule has 0 spiro atoms. The predicted octanol–water partition coefficient (Wildman–Crippen LogP) is 3.12. The van der Waals surface area contributed by atoms with E-state index >= 15 is 0 Å². The zero-order chi connectivity index (χ0) is 13.1. The van der Waals surface area contributed by atoms with Crippen molar-refractivity contribution in [1.29, 1.82) is 0 Å². The summed E-state index contributed by atoms with van der Waals surface area (Å²) in [7, 11) is 0.783. The zero-order valence-corrected chi connectivity index (χ0v) is 10.2. The smallest absolute Gasteiger partial charge is 0.212 e. The van der Waals surface area contributed by atoms with Crippen LogP contribution in [0.1, 0.15) is 12.0 Å². The maximum absolute atomic E-state index is 12.2. The van der Waals surface area contributed by atoms with E-state index in [4.69, 9.17) is 10.7 Å². The molecule has 0 aliphatic heterocycles. The predicted molar refractivity (Wildman–Crippen MR) is 59.4 cm³/mol. The monoisotopic (exact) mass is 286 g/mol. The third-order valence-electron chi connectivity index (χ3n) is 2.16. The maximum atomic E-state index is 12.2. The molecule has 0 aliphatic carbocycles. The Morgan fingerprint density at radius 1 is 1.18 bits per heavy atom. The van der Waals surface area contributed by atoms with Crippen LogP contribution in [0, 0.1) is 0 Å². The molecule has 0 radical (unpaired) electrons. The van der Waals surface area contributed by atoms with Crippen LogP contribution >= 0.6 is 10.7 Å². The molecule has 96 valence electrons. The zero-order valence-electron chi connectivity index (χ0n) is 8.61. The van der Waals surface area contributed by atoms with E-state index in [0.717, 1.165) is 0 Å². The van der Waals surface area contributed by atoms with Gasteiger partial charge in [-0.25, -0.2) is 8.42 Å². The van der Waals surface area contributed by atoms with E-state index in [-0.39, 0.29) is 6.42 Å². The van der Waals surface area contributed by atoms with E-state index in [1.54, 1.807) is 30.3 Å². The summed E-state index contributed by atoms with van der Waals surface area (Å²) in [5.74, 6) is 0. The fourth-order valence-electron chi connectivity index (χ4n) is 1.41. The van der Waals surface area contributed by atoms with Crippen molar-refractivity contribution >= 4 is 19.7 Å². The molecule has 0 N–H and O–H groups in total. The highest BCUT2D eigenvalue weighted by atomic mass is 35.7. The Bertz CT molecular complexity index is 456. The van der Waals surface area contributed by atoms with E-state index < -0.39 is 26.9 Å². The lowest BCUT2D eigenvalue weighted by molar-refractivity contribution is -0.134. The van der Waals surface area contributed by atoms with Crippen LogP contribution in [-0.2, 0) is 15.5 Å². The maximum Gasteiger partial charge on any atom is 0.390 e. The molecule has 1 atom stereocenters. The fraction of sp³-hybridized carbons (Fsp3) is 0.400. The molecule has 0 saturated heterocycles. The summed E-state index contributed by atoms with van der Waals surface area (Å²) in [4.78, 5) is 0. The third-order valence-corrected chi connectivity index (χ3v) is 4.05. The van der Waals surface area contributed by atoms with Gasteiger partial charge in [-0.05, 0) is 12.0 Å². The fourth-order valence-corrected chi connectivity index (χ4v) is 2.56. The van der Waals surface area contributed by atoms with Gasteiger partial charge in [-0.3, -0.25) is 0 Å². The van der Waals surface area contributed by atoms with Gasteiger partial charge in [-0.2, -0.15) is 13.2 Å². The van der Waals surface area contributed by atoms with Gasteiger partial charge in [0.05, 0.1) is 11.7 Å². The molecule has 2 nitrogen and oxygen atoms in total. The first-order valence-electron chi connectivity index (χ1n) is 4.72. The molecule has 0 bridgehead atoms. The highest BCUT2D eigenvalue weighted by Gasteiger charge is 2.37. The molecular formula is C10H10ClF3O2S. The molecule has 0 heterocycles. The Balaban J connectivity index is 2.87. The van der Waals surface area contributed by atoms with E-state index in [1.165, 1.54) is 0 Å². The summed E-state index contributed by atoms with van der Waals surface area (Å²) >= 11 is 0. The molecule has 1 rings (SSSR count).